The Morgan fingerprint density at radius 3 is 2.65 bits per heavy atom. The summed E-state index contributed by atoms with van der Waals surface area (Å²) in [4.78, 5) is 10.6. The zero-order valence-corrected chi connectivity index (χ0v) is 12.8. The molecule has 1 fully saturated rings. The zero-order chi connectivity index (χ0) is 14.6. The standard InChI is InChI=1S/C14H18ClNO3S/c15-11-4-5-12(16(17)18)13(8-11)19-9-14(10-20)6-2-1-3-7-14/h4-5,8,20H,1-3,6-7,9-10H2. The van der Waals surface area contributed by atoms with Gasteiger partial charge in [-0.1, -0.05) is 30.9 Å². The summed E-state index contributed by atoms with van der Waals surface area (Å²) in [7, 11) is 0. The fourth-order valence-electron chi connectivity index (χ4n) is 2.64. The van der Waals surface area contributed by atoms with Crippen molar-refractivity contribution in [1.29, 1.82) is 0 Å². The van der Waals surface area contributed by atoms with Crippen molar-refractivity contribution in [1.82, 2.24) is 0 Å². The molecule has 0 bridgehead atoms. The predicted octanol–water partition coefficient (Wildman–Crippen LogP) is 4.51. The Morgan fingerprint density at radius 2 is 2.05 bits per heavy atom. The number of thiol groups is 1. The minimum absolute atomic E-state index is 0.0253. The van der Waals surface area contributed by atoms with Gasteiger partial charge in [0.25, 0.3) is 0 Å². The molecule has 20 heavy (non-hydrogen) atoms. The molecule has 1 aliphatic rings. The number of halogens is 1. The van der Waals surface area contributed by atoms with Crippen LogP contribution in [0.4, 0.5) is 5.69 Å². The number of nitro groups is 1. The normalized spacial score (nSPS) is 17.7. The molecule has 0 heterocycles. The van der Waals surface area contributed by atoms with Gasteiger partial charge in [0.1, 0.15) is 0 Å². The SMILES string of the molecule is O=[N+]([O-])c1ccc(Cl)cc1OCC1(CS)CCCCC1. The van der Waals surface area contributed by atoms with Gasteiger partial charge in [0, 0.05) is 22.6 Å². The fraction of sp³-hybridized carbons (Fsp3) is 0.571. The summed E-state index contributed by atoms with van der Waals surface area (Å²) in [6, 6.07) is 4.39. The molecule has 1 aromatic rings. The molecule has 1 aliphatic carbocycles. The van der Waals surface area contributed by atoms with Gasteiger partial charge in [0.15, 0.2) is 5.75 Å². The molecule has 4 nitrogen and oxygen atoms in total. The Morgan fingerprint density at radius 1 is 1.35 bits per heavy atom. The van der Waals surface area contributed by atoms with Crippen LogP contribution in [-0.2, 0) is 0 Å². The number of ether oxygens (including phenoxy) is 1. The van der Waals surface area contributed by atoms with Gasteiger partial charge in [0.05, 0.1) is 11.5 Å². The first-order valence-electron chi connectivity index (χ1n) is 6.74. The molecule has 0 spiro atoms. The lowest BCUT2D eigenvalue weighted by Crippen LogP contribution is -2.33. The van der Waals surface area contributed by atoms with E-state index in [1.807, 2.05) is 0 Å². The molecule has 110 valence electrons. The highest BCUT2D eigenvalue weighted by molar-refractivity contribution is 7.80. The summed E-state index contributed by atoms with van der Waals surface area (Å²) in [5.41, 5.74) is -0.0168. The van der Waals surface area contributed by atoms with Crippen LogP contribution in [-0.4, -0.2) is 17.3 Å². The van der Waals surface area contributed by atoms with Crippen LogP contribution in [0.2, 0.25) is 5.02 Å². The van der Waals surface area contributed by atoms with Gasteiger partial charge < -0.3 is 4.74 Å². The van der Waals surface area contributed by atoms with Crippen LogP contribution in [0.5, 0.6) is 5.75 Å². The van der Waals surface area contributed by atoms with E-state index in [1.165, 1.54) is 37.5 Å². The average molecular weight is 316 g/mol. The van der Waals surface area contributed by atoms with Crippen molar-refractivity contribution < 1.29 is 9.66 Å². The number of rotatable bonds is 5. The fourth-order valence-corrected chi connectivity index (χ4v) is 3.20. The highest BCUT2D eigenvalue weighted by Gasteiger charge is 2.32. The van der Waals surface area contributed by atoms with Crippen LogP contribution in [0.3, 0.4) is 0 Å². The van der Waals surface area contributed by atoms with E-state index in [0.29, 0.717) is 11.6 Å². The van der Waals surface area contributed by atoms with E-state index in [-0.39, 0.29) is 16.9 Å². The molecular weight excluding hydrogens is 298 g/mol. The van der Waals surface area contributed by atoms with Crippen LogP contribution in [0.1, 0.15) is 32.1 Å². The first kappa shape index (κ1) is 15.4. The molecule has 0 saturated heterocycles. The lowest BCUT2D eigenvalue weighted by atomic mass is 9.76. The highest BCUT2D eigenvalue weighted by Crippen LogP contribution is 2.39. The van der Waals surface area contributed by atoms with Gasteiger partial charge in [-0.3, -0.25) is 10.1 Å². The maximum absolute atomic E-state index is 11.0. The average Bonchev–Trinajstić information content (AvgIpc) is 2.46. The summed E-state index contributed by atoms with van der Waals surface area (Å²) >= 11 is 10.3. The Kier molecular flexibility index (Phi) is 5.16. The summed E-state index contributed by atoms with van der Waals surface area (Å²) in [5, 5.41) is 11.4. The second-order valence-corrected chi connectivity index (χ2v) is 6.13. The molecule has 2 rings (SSSR count). The van der Waals surface area contributed by atoms with Crippen LogP contribution in [0, 0.1) is 15.5 Å². The van der Waals surface area contributed by atoms with Crippen molar-refractivity contribution >= 4 is 29.9 Å². The Bertz CT molecular complexity index is 489. The second kappa shape index (κ2) is 6.68. The largest absolute Gasteiger partial charge is 0.486 e. The van der Waals surface area contributed by atoms with Crippen molar-refractivity contribution in [2.24, 2.45) is 5.41 Å². The van der Waals surface area contributed by atoms with E-state index >= 15 is 0 Å². The first-order valence-corrected chi connectivity index (χ1v) is 7.75. The van der Waals surface area contributed by atoms with Crippen molar-refractivity contribution in [3.8, 4) is 5.75 Å². The third-order valence-electron chi connectivity index (χ3n) is 3.90. The van der Waals surface area contributed by atoms with Gasteiger partial charge in [-0.25, -0.2) is 0 Å². The third-order valence-corrected chi connectivity index (χ3v) is 4.81. The maximum Gasteiger partial charge on any atom is 0.311 e. The molecule has 1 saturated carbocycles. The number of hydrogen-bond donors (Lipinski definition) is 1. The Hall–Kier alpha value is -0.940. The van der Waals surface area contributed by atoms with Gasteiger partial charge in [-0.15, -0.1) is 0 Å². The topological polar surface area (TPSA) is 52.4 Å². The molecule has 6 heteroatoms. The summed E-state index contributed by atoms with van der Waals surface area (Å²) in [6.07, 6.45) is 5.70. The molecule has 0 aromatic heterocycles. The van der Waals surface area contributed by atoms with Crippen LogP contribution >= 0.6 is 24.2 Å². The van der Waals surface area contributed by atoms with E-state index in [9.17, 15) is 10.1 Å². The van der Waals surface area contributed by atoms with Gasteiger partial charge >= 0.3 is 5.69 Å². The minimum atomic E-state index is -0.445. The quantitative estimate of drug-likeness (QED) is 0.494. The molecule has 0 N–H and O–H groups in total. The van der Waals surface area contributed by atoms with Gasteiger partial charge in [-0.05, 0) is 24.7 Å². The molecule has 0 radical (unpaired) electrons. The Balaban J connectivity index is 2.13. The van der Waals surface area contributed by atoms with Crippen molar-refractivity contribution in [2.45, 2.75) is 32.1 Å². The summed E-state index contributed by atoms with van der Waals surface area (Å²) in [5.74, 6) is 0.982. The second-order valence-electron chi connectivity index (χ2n) is 5.38. The lowest BCUT2D eigenvalue weighted by molar-refractivity contribution is -0.386. The first-order chi connectivity index (χ1) is 9.56. The van der Waals surface area contributed by atoms with Crippen LogP contribution in [0.25, 0.3) is 0 Å². The Labute approximate surface area is 129 Å². The smallest absolute Gasteiger partial charge is 0.311 e. The van der Waals surface area contributed by atoms with E-state index in [4.69, 9.17) is 16.3 Å². The van der Waals surface area contributed by atoms with E-state index in [2.05, 4.69) is 12.6 Å². The van der Waals surface area contributed by atoms with Crippen molar-refractivity contribution in [2.75, 3.05) is 12.4 Å². The monoisotopic (exact) mass is 315 g/mol. The molecule has 0 atom stereocenters. The molecule has 0 aliphatic heterocycles. The molecule has 1 aromatic carbocycles. The number of nitrogens with zero attached hydrogens (tertiary/aromatic N) is 1. The zero-order valence-electron chi connectivity index (χ0n) is 11.2. The van der Waals surface area contributed by atoms with Crippen molar-refractivity contribution in [3.63, 3.8) is 0 Å². The summed E-state index contributed by atoms with van der Waals surface area (Å²) in [6.45, 7) is 0.456. The van der Waals surface area contributed by atoms with Crippen LogP contribution in [0.15, 0.2) is 18.2 Å². The number of hydrogen-bond acceptors (Lipinski definition) is 4. The van der Waals surface area contributed by atoms with Gasteiger partial charge in [0.2, 0.25) is 0 Å². The van der Waals surface area contributed by atoms with E-state index < -0.39 is 4.92 Å². The van der Waals surface area contributed by atoms with E-state index in [0.717, 1.165) is 18.6 Å². The van der Waals surface area contributed by atoms with Crippen molar-refractivity contribution in [3.05, 3.63) is 33.3 Å². The molecule has 0 unspecified atom stereocenters. The van der Waals surface area contributed by atoms with Gasteiger partial charge in [-0.2, -0.15) is 12.6 Å². The lowest BCUT2D eigenvalue weighted by Gasteiger charge is -2.35. The highest BCUT2D eigenvalue weighted by atomic mass is 35.5. The van der Waals surface area contributed by atoms with E-state index in [1.54, 1.807) is 0 Å². The number of nitro benzene ring substituents is 1. The minimum Gasteiger partial charge on any atom is -0.486 e. The maximum atomic E-state index is 11.0. The molecular formula is C14H18ClNO3S. The third kappa shape index (κ3) is 3.58. The predicted molar refractivity (Wildman–Crippen MR) is 83.0 cm³/mol. The summed E-state index contributed by atoms with van der Waals surface area (Å²) < 4.78 is 5.74. The number of benzene rings is 1. The molecule has 0 amide bonds. The van der Waals surface area contributed by atoms with Crippen LogP contribution < -0.4 is 4.74 Å².